The number of piperidine rings is 1. The highest BCUT2D eigenvalue weighted by Crippen LogP contribution is 2.38. The Hall–Kier alpha value is -2.36. The second kappa shape index (κ2) is 8.53. The zero-order valence-electron chi connectivity index (χ0n) is 17.5. The van der Waals surface area contributed by atoms with Gasteiger partial charge in [-0.15, -0.1) is 11.3 Å². The zero-order chi connectivity index (χ0) is 22.3. The van der Waals surface area contributed by atoms with Crippen molar-refractivity contribution >= 4 is 37.5 Å². The quantitative estimate of drug-likeness (QED) is 0.570. The number of carbonyl (C=O) groups excluding carboxylic acids is 1. The van der Waals surface area contributed by atoms with Crippen molar-refractivity contribution in [1.29, 1.82) is 0 Å². The molecule has 2 fully saturated rings. The average molecular weight is 474 g/mol. The van der Waals surface area contributed by atoms with Crippen molar-refractivity contribution in [2.75, 3.05) is 19.6 Å². The first kappa shape index (κ1) is 21.5. The van der Waals surface area contributed by atoms with E-state index in [1.54, 1.807) is 11.3 Å². The summed E-state index contributed by atoms with van der Waals surface area (Å²) in [6.07, 6.45) is 2.71. The lowest BCUT2D eigenvalue weighted by Crippen LogP contribution is -2.44. The summed E-state index contributed by atoms with van der Waals surface area (Å²) in [5.74, 6) is -0.895. The Morgan fingerprint density at radius 3 is 2.47 bits per heavy atom. The van der Waals surface area contributed by atoms with Crippen LogP contribution in [0.5, 0.6) is 0 Å². The van der Waals surface area contributed by atoms with Crippen LogP contribution in [0, 0.1) is 11.7 Å². The number of sulfonamides is 1. The van der Waals surface area contributed by atoms with Crippen LogP contribution in [0.1, 0.15) is 36.7 Å². The molecule has 32 heavy (non-hydrogen) atoms. The van der Waals surface area contributed by atoms with Crippen LogP contribution in [0.2, 0.25) is 0 Å². The number of rotatable bonds is 4. The predicted molar refractivity (Wildman–Crippen MR) is 121 cm³/mol. The summed E-state index contributed by atoms with van der Waals surface area (Å²) in [5, 5.41) is 0.969. The summed E-state index contributed by atoms with van der Waals surface area (Å²) in [6.45, 7) is 1.13. The molecule has 1 amide bonds. The number of benzene rings is 2. The van der Waals surface area contributed by atoms with Crippen molar-refractivity contribution in [3.8, 4) is 0 Å². The van der Waals surface area contributed by atoms with Crippen LogP contribution in [-0.4, -0.2) is 48.1 Å². The number of aromatic nitrogens is 1. The van der Waals surface area contributed by atoms with E-state index in [4.69, 9.17) is 4.98 Å². The van der Waals surface area contributed by atoms with Gasteiger partial charge >= 0.3 is 0 Å². The van der Waals surface area contributed by atoms with Gasteiger partial charge in [-0.05, 0) is 49.9 Å². The molecule has 0 spiro atoms. The molecule has 0 N–H and O–H groups in total. The molecule has 0 radical (unpaired) electrons. The van der Waals surface area contributed by atoms with Crippen LogP contribution in [0.25, 0.3) is 10.2 Å². The minimum Gasteiger partial charge on any atom is -0.333 e. The van der Waals surface area contributed by atoms with Gasteiger partial charge in [0, 0.05) is 25.6 Å². The maximum Gasteiger partial charge on any atom is 0.245 e. The van der Waals surface area contributed by atoms with E-state index in [1.165, 1.54) is 22.5 Å². The SMILES string of the molecule is O=C(C1CCN(S(=O)(=O)c2ccccc2F)CC1)N1CCCC1c1nc2ccccc2s1. The molecule has 0 bridgehead atoms. The molecule has 5 rings (SSSR count). The molecule has 2 aromatic carbocycles. The molecule has 1 aromatic heterocycles. The molecule has 3 heterocycles. The van der Waals surface area contributed by atoms with Gasteiger partial charge < -0.3 is 4.90 Å². The van der Waals surface area contributed by atoms with Crippen LogP contribution < -0.4 is 0 Å². The molecule has 3 aromatic rings. The fourth-order valence-corrected chi connectivity index (χ4v) is 7.34. The Kier molecular flexibility index (Phi) is 5.73. The lowest BCUT2D eigenvalue weighted by molar-refractivity contribution is -0.137. The smallest absolute Gasteiger partial charge is 0.245 e. The van der Waals surface area contributed by atoms with E-state index in [2.05, 4.69) is 0 Å². The minimum absolute atomic E-state index is 0.0138. The van der Waals surface area contributed by atoms with Crippen molar-refractivity contribution in [2.45, 2.75) is 36.6 Å². The second-order valence-electron chi connectivity index (χ2n) is 8.32. The summed E-state index contributed by atoms with van der Waals surface area (Å²) in [7, 11) is -3.90. The van der Waals surface area contributed by atoms with Gasteiger partial charge in [-0.3, -0.25) is 4.79 Å². The van der Waals surface area contributed by atoms with Gasteiger partial charge in [0.05, 0.1) is 16.3 Å². The molecule has 9 heteroatoms. The predicted octanol–water partition coefficient (Wildman–Crippen LogP) is 4.20. The van der Waals surface area contributed by atoms with E-state index in [-0.39, 0.29) is 35.9 Å². The van der Waals surface area contributed by atoms with Crippen molar-refractivity contribution in [1.82, 2.24) is 14.2 Å². The molecule has 6 nitrogen and oxygen atoms in total. The largest absolute Gasteiger partial charge is 0.333 e. The van der Waals surface area contributed by atoms with Gasteiger partial charge in [0.15, 0.2) is 0 Å². The molecule has 0 aliphatic carbocycles. The maximum absolute atomic E-state index is 14.1. The fraction of sp³-hybridized carbons (Fsp3) is 0.391. The number of fused-ring (bicyclic) bond motifs is 1. The van der Waals surface area contributed by atoms with Gasteiger partial charge in [0.2, 0.25) is 15.9 Å². The molecule has 168 valence electrons. The number of likely N-dealkylation sites (tertiary alicyclic amines) is 1. The highest BCUT2D eigenvalue weighted by Gasteiger charge is 2.39. The minimum atomic E-state index is -3.90. The molecule has 1 unspecified atom stereocenters. The summed E-state index contributed by atoms with van der Waals surface area (Å²) >= 11 is 1.64. The fourth-order valence-electron chi connectivity index (χ4n) is 4.69. The zero-order valence-corrected chi connectivity index (χ0v) is 19.1. The third-order valence-corrected chi connectivity index (χ3v) is 9.46. The summed E-state index contributed by atoms with van der Waals surface area (Å²) < 4.78 is 42.2. The maximum atomic E-state index is 14.1. The molecular formula is C23H24FN3O3S2. The standard InChI is InChI=1S/C23H24FN3O3S2/c24-17-6-1-4-10-21(17)32(29,30)26-14-11-16(12-15-26)23(28)27-13-5-8-19(27)22-25-18-7-2-3-9-20(18)31-22/h1-4,6-7,9-10,16,19H,5,8,11-15H2. The van der Waals surface area contributed by atoms with E-state index >= 15 is 0 Å². The number of hydrogen-bond acceptors (Lipinski definition) is 5. The molecule has 2 aliphatic rings. The second-order valence-corrected chi connectivity index (χ2v) is 11.3. The lowest BCUT2D eigenvalue weighted by Gasteiger charge is -2.34. The monoisotopic (exact) mass is 473 g/mol. The third kappa shape index (κ3) is 3.82. The topological polar surface area (TPSA) is 70.6 Å². The number of para-hydroxylation sites is 1. The third-order valence-electron chi connectivity index (χ3n) is 6.39. The first-order valence-electron chi connectivity index (χ1n) is 10.9. The molecule has 0 saturated carbocycles. The van der Waals surface area contributed by atoms with E-state index in [0.29, 0.717) is 19.4 Å². The van der Waals surface area contributed by atoms with Gasteiger partial charge in [-0.2, -0.15) is 4.31 Å². The van der Waals surface area contributed by atoms with E-state index in [1.807, 2.05) is 29.2 Å². The summed E-state index contributed by atoms with van der Waals surface area (Å²) in [6, 6.07) is 13.4. The van der Waals surface area contributed by atoms with Crippen molar-refractivity contribution < 1.29 is 17.6 Å². The van der Waals surface area contributed by atoms with Crippen molar-refractivity contribution in [3.05, 3.63) is 59.4 Å². The normalized spacial score (nSPS) is 20.8. The Morgan fingerprint density at radius 1 is 1.00 bits per heavy atom. The average Bonchev–Trinajstić information content (AvgIpc) is 3.46. The van der Waals surface area contributed by atoms with Crippen molar-refractivity contribution in [3.63, 3.8) is 0 Å². The van der Waals surface area contributed by atoms with Gasteiger partial charge in [-0.25, -0.2) is 17.8 Å². The molecule has 1 atom stereocenters. The van der Waals surface area contributed by atoms with Crippen LogP contribution in [0.4, 0.5) is 4.39 Å². The number of nitrogens with zero attached hydrogens (tertiary/aromatic N) is 3. The van der Waals surface area contributed by atoms with E-state index in [0.717, 1.165) is 34.1 Å². The van der Waals surface area contributed by atoms with Crippen molar-refractivity contribution in [2.24, 2.45) is 5.92 Å². The van der Waals surface area contributed by atoms with Crippen LogP contribution in [0.3, 0.4) is 0 Å². The first-order valence-corrected chi connectivity index (χ1v) is 13.1. The van der Waals surface area contributed by atoms with Gasteiger partial charge in [0.25, 0.3) is 0 Å². The van der Waals surface area contributed by atoms with E-state index in [9.17, 15) is 17.6 Å². The van der Waals surface area contributed by atoms with Gasteiger partial charge in [0.1, 0.15) is 15.7 Å². The summed E-state index contributed by atoms with van der Waals surface area (Å²) in [5.41, 5.74) is 0.957. The van der Waals surface area contributed by atoms with Gasteiger partial charge in [-0.1, -0.05) is 24.3 Å². The first-order chi connectivity index (χ1) is 15.4. The number of thiazole rings is 1. The van der Waals surface area contributed by atoms with Crippen LogP contribution >= 0.6 is 11.3 Å². The Labute approximate surface area is 190 Å². The highest BCUT2D eigenvalue weighted by atomic mass is 32.2. The Bertz CT molecular complexity index is 1220. The molecule has 2 aliphatic heterocycles. The number of carbonyl (C=O) groups is 1. The van der Waals surface area contributed by atoms with Crippen LogP contribution in [-0.2, 0) is 14.8 Å². The summed E-state index contributed by atoms with van der Waals surface area (Å²) in [4.78, 5) is 19.7. The molecular weight excluding hydrogens is 449 g/mol. The number of hydrogen-bond donors (Lipinski definition) is 0. The van der Waals surface area contributed by atoms with E-state index < -0.39 is 15.8 Å². The highest BCUT2D eigenvalue weighted by molar-refractivity contribution is 7.89. The number of halogens is 1. The Morgan fingerprint density at radius 2 is 1.72 bits per heavy atom. The lowest BCUT2D eigenvalue weighted by atomic mass is 9.96. The Balaban J connectivity index is 1.28. The van der Waals surface area contributed by atoms with Crippen LogP contribution in [0.15, 0.2) is 53.4 Å². The number of amides is 1. The molecule has 2 saturated heterocycles.